The fourth-order valence-corrected chi connectivity index (χ4v) is 6.56. The first-order valence-electron chi connectivity index (χ1n) is 13.3. The standard InChI is InChI=1S/C28H31F3N4O5S/c1-14(2)40-27(37)24-16-7-5-6-8-21(16)41-26(24)33-25(36)18-13-23-32-17(12-22(28(29,30)31)35(23)34-18)15-9-10-19(38-3)20(11-15)39-4/h9-11,13-14,17,22,32H,5-8,12H2,1-4H3,(H,33,36)/t17-,22+/m0/s1. The van der Waals surface area contributed by atoms with Crippen LogP contribution < -0.4 is 20.1 Å². The van der Waals surface area contributed by atoms with Gasteiger partial charge in [0, 0.05) is 17.4 Å². The Hall–Kier alpha value is -3.74. The number of benzene rings is 1. The van der Waals surface area contributed by atoms with Crippen LogP contribution in [0.3, 0.4) is 0 Å². The minimum absolute atomic E-state index is 0.0495. The summed E-state index contributed by atoms with van der Waals surface area (Å²) >= 11 is 1.30. The molecule has 0 bridgehead atoms. The molecule has 1 aliphatic carbocycles. The Labute approximate surface area is 239 Å². The number of aryl methyl sites for hydroxylation is 1. The minimum Gasteiger partial charge on any atom is -0.493 e. The van der Waals surface area contributed by atoms with E-state index in [1.807, 2.05) is 0 Å². The smallest absolute Gasteiger partial charge is 0.410 e. The van der Waals surface area contributed by atoms with Crippen molar-refractivity contribution in [3.8, 4) is 11.5 Å². The summed E-state index contributed by atoms with van der Waals surface area (Å²) in [5, 5.41) is 10.2. The number of fused-ring (bicyclic) bond motifs is 2. The number of rotatable bonds is 7. The van der Waals surface area contributed by atoms with Crippen LogP contribution in [0.25, 0.3) is 0 Å². The second-order valence-corrected chi connectivity index (χ2v) is 11.4. The number of ether oxygens (including phenoxy) is 3. The van der Waals surface area contributed by atoms with Gasteiger partial charge in [0.2, 0.25) is 0 Å². The van der Waals surface area contributed by atoms with Gasteiger partial charge in [-0.1, -0.05) is 6.07 Å². The van der Waals surface area contributed by atoms with Gasteiger partial charge in [-0.25, -0.2) is 9.48 Å². The topological polar surface area (TPSA) is 104 Å². The van der Waals surface area contributed by atoms with E-state index in [1.54, 1.807) is 32.0 Å². The lowest BCUT2D eigenvalue weighted by molar-refractivity contribution is -0.173. The highest BCUT2D eigenvalue weighted by atomic mass is 32.1. The Bertz CT molecular complexity index is 1470. The van der Waals surface area contributed by atoms with Crippen LogP contribution in [0.1, 0.15) is 82.0 Å². The van der Waals surface area contributed by atoms with Crippen molar-refractivity contribution in [2.45, 2.75) is 70.3 Å². The normalized spacial score (nSPS) is 18.2. The van der Waals surface area contributed by atoms with Crippen LogP contribution in [0.15, 0.2) is 24.3 Å². The largest absolute Gasteiger partial charge is 0.493 e. The van der Waals surface area contributed by atoms with Gasteiger partial charge in [-0.15, -0.1) is 11.3 Å². The molecule has 0 radical (unpaired) electrons. The predicted octanol–water partition coefficient (Wildman–Crippen LogP) is 6.32. The average molecular weight is 593 g/mol. The molecule has 3 heterocycles. The lowest BCUT2D eigenvalue weighted by atomic mass is 9.95. The van der Waals surface area contributed by atoms with E-state index in [-0.39, 0.29) is 24.0 Å². The van der Waals surface area contributed by atoms with E-state index >= 15 is 0 Å². The maximum atomic E-state index is 14.2. The van der Waals surface area contributed by atoms with Gasteiger partial charge in [-0.05, 0) is 62.8 Å². The molecule has 0 saturated carbocycles. The number of aromatic nitrogens is 2. The summed E-state index contributed by atoms with van der Waals surface area (Å²) in [6, 6.07) is 3.52. The van der Waals surface area contributed by atoms with Gasteiger partial charge in [-0.2, -0.15) is 18.3 Å². The molecule has 1 aliphatic heterocycles. The van der Waals surface area contributed by atoms with Gasteiger partial charge in [0.05, 0.1) is 31.9 Å². The first-order valence-corrected chi connectivity index (χ1v) is 14.1. The number of nitrogens with one attached hydrogen (secondary N) is 2. The second-order valence-electron chi connectivity index (χ2n) is 10.3. The van der Waals surface area contributed by atoms with Crippen LogP contribution in [-0.2, 0) is 17.6 Å². The predicted molar refractivity (Wildman–Crippen MR) is 147 cm³/mol. The SMILES string of the molecule is COc1ccc([C@@H]2C[C@H](C(F)(F)F)n3nc(C(=O)Nc4sc5c(c4C(=O)OC(C)C)CCCC5)cc3N2)cc1OC. The lowest BCUT2D eigenvalue weighted by Gasteiger charge is -2.33. The number of carbonyl (C=O) groups is 2. The van der Waals surface area contributed by atoms with E-state index in [2.05, 4.69) is 15.7 Å². The number of thiophene rings is 1. The van der Waals surface area contributed by atoms with E-state index < -0.39 is 30.1 Å². The first kappa shape index (κ1) is 28.8. The minimum atomic E-state index is -4.62. The van der Waals surface area contributed by atoms with E-state index in [0.29, 0.717) is 34.0 Å². The molecule has 41 heavy (non-hydrogen) atoms. The van der Waals surface area contributed by atoms with Gasteiger partial charge in [-0.3, -0.25) is 4.79 Å². The second kappa shape index (κ2) is 11.3. The highest BCUT2D eigenvalue weighted by Crippen LogP contribution is 2.45. The number of methoxy groups -OCH3 is 2. The van der Waals surface area contributed by atoms with Crippen LogP contribution >= 0.6 is 11.3 Å². The number of carbonyl (C=O) groups excluding carboxylic acids is 2. The molecule has 0 saturated heterocycles. The number of amides is 1. The quantitative estimate of drug-likeness (QED) is 0.310. The number of esters is 1. The molecule has 5 rings (SSSR count). The van der Waals surface area contributed by atoms with Gasteiger partial charge >= 0.3 is 12.1 Å². The summed E-state index contributed by atoms with van der Waals surface area (Å²) in [4.78, 5) is 27.3. The Morgan fingerprint density at radius 2 is 1.85 bits per heavy atom. The fourth-order valence-electron chi connectivity index (χ4n) is 5.28. The van der Waals surface area contributed by atoms with Gasteiger partial charge in [0.1, 0.15) is 10.8 Å². The average Bonchev–Trinajstić information content (AvgIpc) is 3.52. The molecule has 2 N–H and O–H groups in total. The van der Waals surface area contributed by atoms with Gasteiger partial charge in [0.25, 0.3) is 5.91 Å². The molecule has 1 aromatic carbocycles. The molecule has 2 aliphatic rings. The highest BCUT2D eigenvalue weighted by Gasteiger charge is 2.47. The van der Waals surface area contributed by atoms with Gasteiger partial charge in [0.15, 0.2) is 23.2 Å². The van der Waals surface area contributed by atoms with Gasteiger partial charge < -0.3 is 24.8 Å². The van der Waals surface area contributed by atoms with E-state index in [4.69, 9.17) is 14.2 Å². The molecule has 2 atom stereocenters. The summed E-state index contributed by atoms with van der Waals surface area (Å²) in [6.07, 6.45) is -1.96. The summed E-state index contributed by atoms with van der Waals surface area (Å²) in [5.41, 5.74) is 1.54. The Morgan fingerprint density at radius 1 is 1.12 bits per heavy atom. The third kappa shape index (κ3) is 5.72. The third-order valence-electron chi connectivity index (χ3n) is 7.18. The number of hydrogen-bond donors (Lipinski definition) is 2. The molecule has 0 unspecified atom stereocenters. The molecular weight excluding hydrogens is 561 g/mol. The number of alkyl halides is 3. The van der Waals surface area contributed by atoms with Crippen LogP contribution in [-0.4, -0.2) is 48.2 Å². The van der Waals surface area contributed by atoms with Crippen molar-refractivity contribution in [3.05, 3.63) is 51.5 Å². The summed E-state index contributed by atoms with van der Waals surface area (Å²) in [6.45, 7) is 3.48. The first-order chi connectivity index (χ1) is 19.5. The molecule has 0 fully saturated rings. The zero-order valence-corrected chi connectivity index (χ0v) is 23.9. The summed E-state index contributed by atoms with van der Waals surface area (Å²) in [5.74, 6) is -0.353. The summed E-state index contributed by atoms with van der Waals surface area (Å²) in [7, 11) is 2.93. The van der Waals surface area contributed by atoms with E-state index in [9.17, 15) is 22.8 Å². The number of nitrogens with zero attached hydrogens (tertiary/aromatic N) is 2. The van der Waals surface area contributed by atoms with Crippen molar-refractivity contribution >= 4 is 34.0 Å². The molecule has 2 aromatic heterocycles. The highest BCUT2D eigenvalue weighted by molar-refractivity contribution is 7.17. The molecule has 0 spiro atoms. The zero-order valence-electron chi connectivity index (χ0n) is 23.1. The van der Waals surface area contributed by atoms with Crippen molar-refractivity contribution < 1.29 is 37.0 Å². The monoisotopic (exact) mass is 592 g/mol. The number of halogens is 3. The van der Waals surface area contributed by atoms with E-state index in [0.717, 1.165) is 34.4 Å². The Balaban J connectivity index is 1.45. The van der Waals surface area contributed by atoms with Crippen LogP contribution in [0.2, 0.25) is 0 Å². The molecular formula is C28H31F3N4O5S. The van der Waals surface area contributed by atoms with E-state index in [1.165, 1.54) is 31.6 Å². The van der Waals surface area contributed by atoms with Crippen molar-refractivity contribution in [2.24, 2.45) is 0 Å². The molecule has 1 amide bonds. The van der Waals surface area contributed by atoms with Crippen molar-refractivity contribution in [3.63, 3.8) is 0 Å². The molecule has 3 aromatic rings. The third-order valence-corrected chi connectivity index (χ3v) is 8.38. The maximum Gasteiger partial charge on any atom is 0.410 e. The maximum absolute atomic E-state index is 14.2. The lowest BCUT2D eigenvalue weighted by Crippen LogP contribution is -2.35. The molecule has 13 heteroatoms. The van der Waals surface area contributed by atoms with Crippen LogP contribution in [0.5, 0.6) is 11.5 Å². The summed E-state index contributed by atoms with van der Waals surface area (Å²) < 4.78 is 59.5. The van der Waals surface area contributed by atoms with Crippen molar-refractivity contribution in [1.29, 1.82) is 0 Å². The van der Waals surface area contributed by atoms with Crippen LogP contribution in [0.4, 0.5) is 24.0 Å². The van der Waals surface area contributed by atoms with Crippen LogP contribution in [0, 0.1) is 0 Å². The van der Waals surface area contributed by atoms with Crippen molar-refractivity contribution in [1.82, 2.24) is 9.78 Å². The molecule has 220 valence electrons. The Kier molecular flexibility index (Phi) is 7.91. The zero-order chi connectivity index (χ0) is 29.5. The number of anilines is 2. The Morgan fingerprint density at radius 3 is 2.54 bits per heavy atom. The molecule has 9 nitrogen and oxygen atoms in total. The fraction of sp³-hybridized carbons (Fsp3) is 0.464. The number of hydrogen-bond acceptors (Lipinski definition) is 8. The van der Waals surface area contributed by atoms with Crippen molar-refractivity contribution in [2.75, 3.05) is 24.9 Å².